The standard InChI is InChI=1S/C27H25NO6/c1-18(29)28-13-12-22-17-34-26-11-10-24(16-25(22)26)33-15-14-32-23-8-6-20(7-9-23)19-2-4-21(5-3-19)27(30)31/h2-11,16-17H,12-15H2,1H3,(H,28,29)(H,30,31). The summed E-state index contributed by atoms with van der Waals surface area (Å²) in [5, 5.41) is 12.8. The first-order valence-corrected chi connectivity index (χ1v) is 10.9. The van der Waals surface area contributed by atoms with Crippen LogP contribution in [0.1, 0.15) is 22.8 Å². The Morgan fingerprint density at radius 1 is 0.882 bits per heavy atom. The molecule has 0 atom stereocenters. The lowest BCUT2D eigenvalue weighted by atomic mass is 10.0. The topological polar surface area (TPSA) is 98.0 Å². The molecule has 0 radical (unpaired) electrons. The maximum Gasteiger partial charge on any atom is 0.335 e. The van der Waals surface area contributed by atoms with Gasteiger partial charge in [-0.3, -0.25) is 4.79 Å². The monoisotopic (exact) mass is 459 g/mol. The average Bonchev–Trinajstić information content (AvgIpc) is 3.24. The number of hydrogen-bond acceptors (Lipinski definition) is 5. The zero-order valence-electron chi connectivity index (χ0n) is 18.7. The van der Waals surface area contributed by atoms with Gasteiger partial charge >= 0.3 is 5.97 Å². The van der Waals surface area contributed by atoms with Gasteiger partial charge in [0.1, 0.15) is 30.3 Å². The molecule has 174 valence electrons. The molecule has 3 aromatic carbocycles. The highest BCUT2D eigenvalue weighted by Crippen LogP contribution is 2.26. The Kier molecular flexibility index (Phi) is 7.13. The number of carboxylic acid groups (broad SMARTS) is 1. The van der Waals surface area contributed by atoms with E-state index in [1.165, 1.54) is 6.92 Å². The molecule has 1 amide bonds. The van der Waals surface area contributed by atoms with Gasteiger partial charge in [-0.2, -0.15) is 0 Å². The molecule has 2 N–H and O–H groups in total. The number of amides is 1. The highest BCUT2D eigenvalue weighted by atomic mass is 16.5. The molecule has 7 nitrogen and oxygen atoms in total. The lowest BCUT2D eigenvalue weighted by Gasteiger charge is -2.10. The number of aromatic carboxylic acids is 1. The highest BCUT2D eigenvalue weighted by Gasteiger charge is 2.08. The van der Waals surface area contributed by atoms with Gasteiger partial charge in [-0.05, 0) is 60.0 Å². The number of furan rings is 1. The van der Waals surface area contributed by atoms with Crippen molar-refractivity contribution in [2.45, 2.75) is 13.3 Å². The fourth-order valence-corrected chi connectivity index (χ4v) is 3.59. The normalized spacial score (nSPS) is 10.7. The maximum atomic E-state index is 11.1. The van der Waals surface area contributed by atoms with Crippen LogP contribution < -0.4 is 14.8 Å². The van der Waals surface area contributed by atoms with Gasteiger partial charge in [0.25, 0.3) is 0 Å². The summed E-state index contributed by atoms with van der Waals surface area (Å²) in [7, 11) is 0. The smallest absolute Gasteiger partial charge is 0.335 e. The lowest BCUT2D eigenvalue weighted by Crippen LogP contribution is -2.22. The number of carbonyl (C=O) groups excluding carboxylic acids is 1. The highest BCUT2D eigenvalue weighted by molar-refractivity contribution is 5.88. The van der Waals surface area contributed by atoms with Crippen LogP contribution in [0.5, 0.6) is 11.5 Å². The molecule has 0 spiro atoms. The average molecular weight is 459 g/mol. The quantitative estimate of drug-likeness (QED) is 0.326. The van der Waals surface area contributed by atoms with Crippen molar-refractivity contribution in [2.75, 3.05) is 19.8 Å². The van der Waals surface area contributed by atoms with Gasteiger partial charge in [-0.25, -0.2) is 4.79 Å². The molecule has 0 aliphatic heterocycles. The number of ether oxygens (including phenoxy) is 2. The summed E-state index contributed by atoms with van der Waals surface area (Å²) in [6.45, 7) is 2.81. The van der Waals surface area contributed by atoms with Crippen LogP contribution in [0.25, 0.3) is 22.1 Å². The van der Waals surface area contributed by atoms with E-state index in [-0.39, 0.29) is 11.5 Å². The molecule has 0 fully saturated rings. The summed E-state index contributed by atoms with van der Waals surface area (Å²) in [5.41, 5.74) is 3.97. The zero-order valence-corrected chi connectivity index (χ0v) is 18.7. The molecule has 0 aliphatic carbocycles. The van der Waals surface area contributed by atoms with E-state index in [0.717, 1.165) is 39.2 Å². The van der Waals surface area contributed by atoms with Crippen molar-refractivity contribution in [2.24, 2.45) is 0 Å². The van der Waals surface area contributed by atoms with E-state index in [9.17, 15) is 9.59 Å². The second kappa shape index (κ2) is 10.6. The first kappa shape index (κ1) is 22.9. The van der Waals surface area contributed by atoms with Crippen LogP contribution in [0.15, 0.2) is 77.4 Å². The Bertz CT molecular complexity index is 1270. The first-order chi connectivity index (χ1) is 16.5. The van der Waals surface area contributed by atoms with Gasteiger partial charge < -0.3 is 24.3 Å². The van der Waals surface area contributed by atoms with Crippen molar-refractivity contribution in [3.63, 3.8) is 0 Å². The van der Waals surface area contributed by atoms with Gasteiger partial charge in [0.05, 0.1) is 11.8 Å². The molecule has 34 heavy (non-hydrogen) atoms. The van der Waals surface area contributed by atoms with Gasteiger partial charge in [0, 0.05) is 24.4 Å². The van der Waals surface area contributed by atoms with E-state index >= 15 is 0 Å². The molecule has 0 unspecified atom stereocenters. The third kappa shape index (κ3) is 5.75. The Balaban J connectivity index is 1.28. The second-order valence-electron chi connectivity index (χ2n) is 7.76. The Morgan fingerprint density at radius 3 is 2.15 bits per heavy atom. The van der Waals surface area contributed by atoms with Crippen LogP contribution in [0, 0.1) is 0 Å². The fourth-order valence-electron chi connectivity index (χ4n) is 3.59. The summed E-state index contributed by atoms with van der Waals surface area (Å²) in [6.07, 6.45) is 2.39. The van der Waals surface area contributed by atoms with Gasteiger partial charge in [0.2, 0.25) is 5.91 Å². The number of rotatable bonds is 10. The van der Waals surface area contributed by atoms with Crippen LogP contribution in [-0.2, 0) is 11.2 Å². The minimum atomic E-state index is -0.940. The van der Waals surface area contributed by atoms with E-state index in [1.54, 1.807) is 30.5 Å². The predicted molar refractivity (Wildman–Crippen MR) is 128 cm³/mol. The van der Waals surface area contributed by atoms with Crippen molar-refractivity contribution >= 4 is 22.8 Å². The summed E-state index contributed by atoms with van der Waals surface area (Å²) < 4.78 is 17.2. The Morgan fingerprint density at radius 2 is 1.50 bits per heavy atom. The van der Waals surface area contributed by atoms with Crippen molar-refractivity contribution in [1.82, 2.24) is 5.32 Å². The van der Waals surface area contributed by atoms with E-state index in [2.05, 4.69) is 5.32 Å². The number of carbonyl (C=O) groups is 2. The van der Waals surface area contributed by atoms with Crippen LogP contribution in [0.3, 0.4) is 0 Å². The van der Waals surface area contributed by atoms with E-state index < -0.39 is 5.97 Å². The van der Waals surface area contributed by atoms with Crippen molar-refractivity contribution < 1.29 is 28.6 Å². The molecular formula is C27H25NO6. The molecule has 0 saturated carbocycles. The molecule has 1 heterocycles. The number of benzene rings is 3. The van der Waals surface area contributed by atoms with Crippen LogP contribution in [-0.4, -0.2) is 36.7 Å². The van der Waals surface area contributed by atoms with Gasteiger partial charge in [0.15, 0.2) is 0 Å². The van der Waals surface area contributed by atoms with Crippen LogP contribution in [0.4, 0.5) is 0 Å². The number of fused-ring (bicyclic) bond motifs is 1. The molecule has 4 aromatic rings. The summed E-state index contributed by atoms with van der Waals surface area (Å²) in [6, 6.07) is 20.0. The third-order valence-corrected chi connectivity index (χ3v) is 5.33. The maximum absolute atomic E-state index is 11.1. The largest absolute Gasteiger partial charge is 0.490 e. The van der Waals surface area contributed by atoms with Crippen molar-refractivity contribution in [3.05, 3.63) is 84.1 Å². The lowest BCUT2D eigenvalue weighted by molar-refractivity contribution is -0.118. The minimum absolute atomic E-state index is 0.0548. The van der Waals surface area contributed by atoms with Crippen molar-refractivity contribution in [3.8, 4) is 22.6 Å². The van der Waals surface area contributed by atoms with E-state index in [1.807, 2.05) is 42.5 Å². The predicted octanol–water partition coefficient (Wildman–Crippen LogP) is 4.93. The number of hydrogen-bond donors (Lipinski definition) is 2. The molecule has 0 saturated heterocycles. The second-order valence-corrected chi connectivity index (χ2v) is 7.76. The summed E-state index contributed by atoms with van der Waals surface area (Å²) in [5.74, 6) is 0.448. The summed E-state index contributed by atoms with van der Waals surface area (Å²) in [4.78, 5) is 22.1. The van der Waals surface area contributed by atoms with Crippen LogP contribution in [0.2, 0.25) is 0 Å². The van der Waals surface area contributed by atoms with Gasteiger partial charge in [-0.1, -0.05) is 24.3 Å². The number of carboxylic acids is 1. The molecule has 0 bridgehead atoms. The van der Waals surface area contributed by atoms with E-state index in [4.69, 9.17) is 19.0 Å². The molecular weight excluding hydrogens is 434 g/mol. The minimum Gasteiger partial charge on any atom is -0.490 e. The summed E-state index contributed by atoms with van der Waals surface area (Å²) >= 11 is 0. The van der Waals surface area contributed by atoms with E-state index in [0.29, 0.717) is 26.2 Å². The van der Waals surface area contributed by atoms with Crippen LogP contribution >= 0.6 is 0 Å². The molecule has 0 aliphatic rings. The molecule has 7 heteroatoms. The van der Waals surface area contributed by atoms with Gasteiger partial charge in [-0.15, -0.1) is 0 Å². The Hall–Kier alpha value is -4.26. The first-order valence-electron chi connectivity index (χ1n) is 10.9. The third-order valence-electron chi connectivity index (χ3n) is 5.33. The molecule has 4 rings (SSSR count). The fraction of sp³-hybridized carbons (Fsp3) is 0.185. The Labute approximate surface area is 196 Å². The molecule has 1 aromatic heterocycles. The number of nitrogens with one attached hydrogen (secondary N) is 1. The SMILES string of the molecule is CC(=O)NCCc1coc2ccc(OCCOc3ccc(-c4ccc(C(=O)O)cc4)cc3)cc12. The zero-order chi connectivity index (χ0) is 23.9. The van der Waals surface area contributed by atoms with Crippen molar-refractivity contribution in [1.29, 1.82) is 0 Å².